The van der Waals surface area contributed by atoms with E-state index in [-0.39, 0.29) is 67.1 Å². The molecule has 0 radical (unpaired) electrons. The van der Waals surface area contributed by atoms with Crippen LogP contribution in [0.2, 0.25) is 0 Å². The molecule has 1 saturated heterocycles. The minimum absolute atomic E-state index is 0.0329. The van der Waals surface area contributed by atoms with E-state index < -0.39 is 85.2 Å². The van der Waals surface area contributed by atoms with Crippen LogP contribution < -0.4 is 37.1 Å². The number of hydrogen-bond donors (Lipinski definition) is 6. The van der Waals surface area contributed by atoms with Crippen molar-refractivity contribution in [3.05, 3.63) is 64.8 Å². The standard InChI is InChI=1S/C41H50N6O14/c42-41(43)44-13-5-8-26(38(55)45-22-29(50)19-27(20-35(52)53)39(56)46-32(23-48)40(57)58)18-28(49)11-12-36(54)60-24-47(14-16-59-17-15-47)34-21-33(51)31-10-4-9-30(37(31)61-34)25-6-2-1-3-7-25/h1-4,6-7,9-10,21,26-27,32,48H,5,8,11-20,22-24H2,(H7-,42,43,44,45,46,52,53,55,56,57,58)/t26-,27+,32?/m1/s1. The number of carbonyl (C=O) groups is 7. The molecule has 328 valence electrons. The van der Waals surface area contributed by atoms with E-state index in [1.54, 1.807) is 12.1 Å². The van der Waals surface area contributed by atoms with E-state index in [0.717, 1.165) is 5.56 Å². The maximum Gasteiger partial charge on any atom is 0.328 e. The van der Waals surface area contributed by atoms with Crippen molar-refractivity contribution in [3.63, 3.8) is 0 Å². The highest BCUT2D eigenvalue weighted by Crippen LogP contribution is 2.33. The molecule has 2 aromatic carbocycles. The first-order valence-electron chi connectivity index (χ1n) is 19.5. The number of aliphatic hydroxyl groups is 1. The molecule has 0 aliphatic carbocycles. The monoisotopic (exact) mass is 850 g/mol. The SMILES string of the molecule is NC(N)=NCCC[C@H](CC(=O)CCC(=O)OC[N+]1(c2cc(=O)c3cccc(-c4ccccc4)c3o2)CCOCC1)C(=O)NCC(=O)C[C@@H](CC(=O)[O-])C(=O)NC(CO)C(=O)O. The average molecular weight is 851 g/mol. The molecule has 1 aliphatic heterocycles. The van der Waals surface area contributed by atoms with Crippen molar-refractivity contribution < 1.29 is 62.8 Å². The Bertz CT molecular complexity index is 2150. The number of ether oxygens (including phenoxy) is 2. The molecule has 3 aromatic rings. The number of Topliss-reactive ketones (excluding diaryl/α,β-unsaturated/α-hetero) is 2. The number of carbonyl (C=O) groups excluding carboxylic acids is 6. The van der Waals surface area contributed by atoms with Crippen molar-refractivity contribution in [2.75, 3.05) is 52.7 Å². The first kappa shape index (κ1) is 47.2. The lowest BCUT2D eigenvalue weighted by molar-refractivity contribution is -0.306. The molecule has 0 bridgehead atoms. The Kier molecular flexibility index (Phi) is 17.6. The topological polar surface area (TPSA) is 320 Å². The lowest BCUT2D eigenvalue weighted by Gasteiger charge is -2.37. The first-order chi connectivity index (χ1) is 29.1. The van der Waals surface area contributed by atoms with Gasteiger partial charge in [0.1, 0.15) is 24.9 Å². The van der Waals surface area contributed by atoms with Crippen LogP contribution in [0.4, 0.5) is 5.88 Å². The van der Waals surface area contributed by atoms with Crippen molar-refractivity contribution in [3.8, 4) is 11.1 Å². The lowest BCUT2D eigenvalue weighted by atomic mass is 9.94. The summed E-state index contributed by atoms with van der Waals surface area (Å²) in [6.45, 7) is -0.513. The summed E-state index contributed by atoms with van der Waals surface area (Å²) in [5.74, 6) is -9.62. The maximum atomic E-state index is 13.4. The maximum absolute atomic E-state index is 13.4. The molecule has 3 atom stereocenters. The van der Waals surface area contributed by atoms with E-state index in [1.807, 2.05) is 41.7 Å². The molecular weight excluding hydrogens is 800 g/mol. The van der Waals surface area contributed by atoms with Gasteiger partial charge in [0.2, 0.25) is 18.5 Å². The number of hydrogen-bond acceptors (Lipinski definition) is 14. The van der Waals surface area contributed by atoms with E-state index in [1.165, 1.54) is 6.07 Å². The summed E-state index contributed by atoms with van der Waals surface area (Å²) < 4.78 is 17.7. The number of para-hydroxylation sites is 1. The second kappa shape index (κ2) is 22.7. The van der Waals surface area contributed by atoms with Gasteiger partial charge in [-0.25, -0.2) is 9.28 Å². The number of aliphatic hydroxyl groups excluding tert-OH is 1. The quantitative estimate of drug-likeness (QED) is 0.0209. The van der Waals surface area contributed by atoms with Crippen LogP contribution in [0.1, 0.15) is 44.9 Å². The highest BCUT2D eigenvalue weighted by Gasteiger charge is 2.38. The fourth-order valence-corrected chi connectivity index (χ4v) is 6.72. The molecule has 8 N–H and O–H groups in total. The number of esters is 1. The van der Waals surface area contributed by atoms with Crippen LogP contribution >= 0.6 is 0 Å². The molecule has 4 rings (SSSR count). The van der Waals surface area contributed by atoms with Crippen LogP contribution in [-0.4, -0.2) is 116 Å². The van der Waals surface area contributed by atoms with Crippen LogP contribution in [0.3, 0.4) is 0 Å². The molecule has 2 heterocycles. The molecule has 61 heavy (non-hydrogen) atoms. The molecule has 1 aliphatic rings. The summed E-state index contributed by atoms with van der Waals surface area (Å²) >= 11 is 0. The third kappa shape index (κ3) is 14.0. The predicted molar refractivity (Wildman–Crippen MR) is 216 cm³/mol. The molecule has 20 heteroatoms. The van der Waals surface area contributed by atoms with Crippen LogP contribution in [-0.2, 0) is 43.0 Å². The van der Waals surface area contributed by atoms with E-state index in [0.29, 0.717) is 42.8 Å². The summed E-state index contributed by atoms with van der Waals surface area (Å²) in [5.41, 5.74) is 12.4. The van der Waals surface area contributed by atoms with E-state index in [9.17, 15) is 48.6 Å². The van der Waals surface area contributed by atoms with Gasteiger partial charge in [0, 0.05) is 43.3 Å². The number of aliphatic carboxylic acids is 2. The predicted octanol–water partition coefficient (Wildman–Crippen LogP) is -0.899. The molecule has 1 aromatic heterocycles. The summed E-state index contributed by atoms with van der Waals surface area (Å²) in [6.07, 6.45) is -2.30. The second-order valence-corrected chi connectivity index (χ2v) is 14.6. The number of carboxylic acids is 2. The van der Waals surface area contributed by atoms with Crippen molar-refractivity contribution in [2.45, 2.75) is 51.0 Å². The number of benzene rings is 2. The van der Waals surface area contributed by atoms with Gasteiger partial charge in [0.05, 0.1) is 50.2 Å². The Morgan fingerprint density at radius 3 is 2.26 bits per heavy atom. The zero-order chi connectivity index (χ0) is 44.5. The van der Waals surface area contributed by atoms with Crippen LogP contribution in [0.15, 0.2) is 68.8 Å². The number of aliphatic imine (C=N–C) groups is 1. The average Bonchev–Trinajstić information content (AvgIpc) is 3.24. The molecule has 20 nitrogen and oxygen atoms in total. The third-order valence-electron chi connectivity index (χ3n) is 10.1. The van der Waals surface area contributed by atoms with E-state index in [4.69, 9.17) is 30.5 Å². The molecule has 2 amide bonds. The van der Waals surface area contributed by atoms with Gasteiger partial charge in [0.25, 0.3) is 0 Å². The Hall–Kier alpha value is -6.51. The fraction of sp³-hybridized carbons (Fsp3) is 0.439. The second-order valence-electron chi connectivity index (χ2n) is 14.6. The summed E-state index contributed by atoms with van der Waals surface area (Å²) in [6, 6.07) is 14.4. The highest BCUT2D eigenvalue weighted by atomic mass is 16.6. The molecular formula is C41H50N6O14. The van der Waals surface area contributed by atoms with Gasteiger partial charge >= 0.3 is 17.8 Å². The zero-order valence-electron chi connectivity index (χ0n) is 33.4. The zero-order valence-corrected chi connectivity index (χ0v) is 33.4. The van der Waals surface area contributed by atoms with Crippen molar-refractivity contribution in [1.29, 1.82) is 0 Å². The number of rotatable bonds is 24. The number of morpholine rings is 1. The van der Waals surface area contributed by atoms with Gasteiger partial charge in [0.15, 0.2) is 22.8 Å². The third-order valence-corrected chi connectivity index (χ3v) is 10.1. The number of nitrogens with one attached hydrogen (secondary N) is 2. The van der Waals surface area contributed by atoms with Gasteiger partial charge in [-0.2, -0.15) is 0 Å². The van der Waals surface area contributed by atoms with Crippen molar-refractivity contribution in [1.82, 2.24) is 15.1 Å². The normalized spacial score (nSPS) is 14.8. The molecule has 1 unspecified atom stereocenters. The van der Waals surface area contributed by atoms with E-state index >= 15 is 0 Å². The van der Waals surface area contributed by atoms with Gasteiger partial charge < -0.3 is 56.1 Å². The van der Waals surface area contributed by atoms with Gasteiger partial charge in [-0.05, 0) is 30.9 Å². The highest BCUT2D eigenvalue weighted by molar-refractivity contribution is 5.95. The Morgan fingerprint density at radius 2 is 1.61 bits per heavy atom. The molecule has 0 saturated carbocycles. The summed E-state index contributed by atoms with van der Waals surface area (Å²) in [4.78, 5) is 105. The van der Waals surface area contributed by atoms with Crippen molar-refractivity contribution >= 4 is 64.1 Å². The molecule has 1 fully saturated rings. The number of ketones is 2. The van der Waals surface area contributed by atoms with E-state index in [2.05, 4.69) is 10.3 Å². The minimum Gasteiger partial charge on any atom is -0.550 e. The van der Waals surface area contributed by atoms with Gasteiger partial charge in [-0.1, -0.05) is 42.5 Å². The Morgan fingerprint density at radius 1 is 0.902 bits per heavy atom. The van der Waals surface area contributed by atoms with Gasteiger partial charge in [-0.15, -0.1) is 0 Å². The first-order valence-corrected chi connectivity index (χ1v) is 19.5. The summed E-state index contributed by atoms with van der Waals surface area (Å²) in [7, 11) is 0. The number of carboxylic acid groups (broad SMARTS) is 2. The Labute approximate surface area is 349 Å². The van der Waals surface area contributed by atoms with Gasteiger partial charge in [-0.3, -0.25) is 33.8 Å². The van der Waals surface area contributed by atoms with Crippen LogP contribution in [0.5, 0.6) is 0 Å². The number of nitrogens with two attached hydrogens (primary N) is 2. The number of quaternary nitrogens is 1. The largest absolute Gasteiger partial charge is 0.550 e. The lowest BCUT2D eigenvalue weighted by Crippen LogP contribution is -2.58. The molecule has 0 spiro atoms. The number of amides is 2. The van der Waals surface area contributed by atoms with Crippen LogP contribution in [0.25, 0.3) is 22.1 Å². The number of nitrogens with zero attached hydrogens (tertiary/aromatic N) is 2. The van der Waals surface area contributed by atoms with Crippen LogP contribution in [0, 0.1) is 11.8 Å². The minimum atomic E-state index is -1.75. The smallest absolute Gasteiger partial charge is 0.328 e. The van der Waals surface area contributed by atoms with Crippen molar-refractivity contribution in [2.24, 2.45) is 28.3 Å². The fourth-order valence-electron chi connectivity index (χ4n) is 6.72. The summed E-state index contributed by atoms with van der Waals surface area (Å²) in [5, 5.41) is 34.2. The number of guanidine groups is 1. The Balaban J connectivity index is 1.38. The number of fused-ring (bicyclic) bond motifs is 1.